The first kappa shape index (κ1) is 10.4. The van der Waals surface area contributed by atoms with Gasteiger partial charge in [0, 0.05) is 25.2 Å². The summed E-state index contributed by atoms with van der Waals surface area (Å²) in [6, 6.07) is 0. The molecule has 0 unspecified atom stereocenters. The van der Waals surface area contributed by atoms with Gasteiger partial charge in [-0.25, -0.2) is 0 Å². The third-order valence-electron chi connectivity index (χ3n) is 1.33. The number of nitrogens with two attached hydrogens (primary N) is 1. The van der Waals surface area contributed by atoms with Gasteiger partial charge in [-0.2, -0.15) is 0 Å². The van der Waals surface area contributed by atoms with Gasteiger partial charge in [-0.3, -0.25) is 9.59 Å². The van der Waals surface area contributed by atoms with Crippen molar-refractivity contribution in [3.63, 3.8) is 0 Å². The molecule has 0 fully saturated rings. The minimum absolute atomic E-state index is 0.0347. The number of hydrogen-bond acceptors (Lipinski definition) is 2. The first-order valence-electron chi connectivity index (χ1n) is 3.27. The Morgan fingerprint density at radius 3 is 1.83 bits per heavy atom. The van der Waals surface area contributed by atoms with E-state index in [1.165, 1.54) is 4.90 Å². The van der Waals surface area contributed by atoms with Crippen LogP contribution in [0.25, 0.3) is 0 Å². The van der Waals surface area contributed by atoms with Crippen LogP contribution in [0.2, 0.25) is 0 Å². The van der Waals surface area contributed by atoms with Crippen molar-refractivity contribution in [1.82, 2.24) is 4.90 Å². The highest BCUT2D eigenvalue weighted by molar-refractivity contribution is 6.09. The van der Waals surface area contributed by atoms with Crippen molar-refractivity contribution >= 4 is 11.8 Å². The molecule has 0 atom stereocenters. The summed E-state index contributed by atoms with van der Waals surface area (Å²) in [6.45, 7) is 6.74. The highest BCUT2D eigenvalue weighted by Crippen LogP contribution is 2.06. The molecular formula is C8H12N2O2. The van der Waals surface area contributed by atoms with Gasteiger partial charge in [0.15, 0.2) is 0 Å². The summed E-state index contributed by atoms with van der Waals surface area (Å²) in [5.74, 6) is -1.09. The van der Waals surface area contributed by atoms with Gasteiger partial charge in [-0.1, -0.05) is 13.2 Å². The molecule has 0 aromatic carbocycles. The predicted octanol–water partition coefficient (Wildman–Crippen LogP) is -0.328. The fourth-order valence-corrected chi connectivity index (χ4v) is 0.548. The van der Waals surface area contributed by atoms with E-state index in [-0.39, 0.29) is 17.1 Å². The van der Waals surface area contributed by atoms with Gasteiger partial charge in [0.2, 0.25) is 5.91 Å². The van der Waals surface area contributed by atoms with Gasteiger partial charge < -0.3 is 10.6 Å². The summed E-state index contributed by atoms with van der Waals surface area (Å²) in [5.41, 5.74) is 4.89. The molecule has 4 heteroatoms. The Balaban J connectivity index is 4.52. The monoisotopic (exact) mass is 168 g/mol. The molecule has 66 valence electrons. The Hall–Kier alpha value is -1.58. The van der Waals surface area contributed by atoms with Crippen molar-refractivity contribution < 1.29 is 9.59 Å². The standard InChI is InChI=1S/C8H12N2O2/c1-5(7(9)11)6(2)8(12)10(3)4/h1-2H2,3-4H3,(H2,9,11). The number of likely N-dealkylation sites (N-methyl/N-ethyl adjacent to an activating group) is 1. The maximum atomic E-state index is 11.1. The van der Waals surface area contributed by atoms with Crippen LogP contribution in [0.15, 0.2) is 24.3 Å². The summed E-state index contributed by atoms with van der Waals surface area (Å²) in [5, 5.41) is 0. The number of hydrogen-bond donors (Lipinski definition) is 1. The normalized spacial score (nSPS) is 8.83. The molecule has 0 saturated heterocycles. The van der Waals surface area contributed by atoms with Crippen molar-refractivity contribution in [2.24, 2.45) is 5.73 Å². The maximum absolute atomic E-state index is 11.1. The van der Waals surface area contributed by atoms with Crippen LogP contribution in [0.1, 0.15) is 0 Å². The Kier molecular flexibility index (Phi) is 3.22. The van der Waals surface area contributed by atoms with Crippen LogP contribution < -0.4 is 5.73 Å². The molecule has 4 nitrogen and oxygen atoms in total. The zero-order valence-corrected chi connectivity index (χ0v) is 7.26. The van der Waals surface area contributed by atoms with Crippen molar-refractivity contribution in [1.29, 1.82) is 0 Å². The number of primary amides is 1. The van der Waals surface area contributed by atoms with Crippen molar-refractivity contribution in [2.45, 2.75) is 0 Å². The van der Waals surface area contributed by atoms with Crippen LogP contribution >= 0.6 is 0 Å². The largest absolute Gasteiger partial charge is 0.366 e. The van der Waals surface area contributed by atoms with Crippen molar-refractivity contribution in [3.05, 3.63) is 24.3 Å². The number of carbonyl (C=O) groups is 2. The Morgan fingerprint density at radius 2 is 1.58 bits per heavy atom. The molecule has 0 heterocycles. The highest BCUT2D eigenvalue weighted by atomic mass is 16.2. The van der Waals surface area contributed by atoms with E-state index in [9.17, 15) is 9.59 Å². The van der Waals surface area contributed by atoms with Gasteiger partial charge in [0.05, 0.1) is 0 Å². The summed E-state index contributed by atoms with van der Waals surface area (Å²) in [6.07, 6.45) is 0. The Bertz CT molecular complexity index is 254. The van der Waals surface area contributed by atoms with E-state index < -0.39 is 5.91 Å². The van der Waals surface area contributed by atoms with Gasteiger partial charge >= 0.3 is 0 Å². The number of nitrogens with zero attached hydrogens (tertiary/aromatic N) is 1. The molecule has 2 N–H and O–H groups in total. The van der Waals surface area contributed by atoms with E-state index in [4.69, 9.17) is 5.73 Å². The van der Waals surface area contributed by atoms with E-state index >= 15 is 0 Å². The molecule has 0 aliphatic heterocycles. The first-order valence-corrected chi connectivity index (χ1v) is 3.27. The van der Waals surface area contributed by atoms with Crippen molar-refractivity contribution in [2.75, 3.05) is 14.1 Å². The quantitative estimate of drug-likeness (QED) is 0.463. The smallest absolute Gasteiger partial charge is 0.253 e. The summed E-state index contributed by atoms with van der Waals surface area (Å²) in [7, 11) is 3.11. The lowest BCUT2D eigenvalue weighted by Crippen LogP contribution is -2.27. The summed E-state index contributed by atoms with van der Waals surface area (Å²) < 4.78 is 0. The lowest BCUT2D eigenvalue weighted by atomic mass is 10.1. The maximum Gasteiger partial charge on any atom is 0.253 e. The van der Waals surface area contributed by atoms with Crippen LogP contribution in [-0.2, 0) is 9.59 Å². The van der Waals surface area contributed by atoms with Crippen LogP contribution in [0.5, 0.6) is 0 Å². The molecule has 0 spiro atoms. The molecule has 12 heavy (non-hydrogen) atoms. The van der Waals surface area contributed by atoms with Crippen molar-refractivity contribution in [3.8, 4) is 0 Å². The lowest BCUT2D eigenvalue weighted by molar-refractivity contribution is -0.125. The minimum Gasteiger partial charge on any atom is -0.366 e. The zero-order chi connectivity index (χ0) is 9.89. The molecule has 0 rings (SSSR count). The predicted molar refractivity (Wildman–Crippen MR) is 46.2 cm³/mol. The number of amides is 2. The van der Waals surface area contributed by atoms with E-state index in [1.54, 1.807) is 14.1 Å². The van der Waals surface area contributed by atoms with E-state index in [1.807, 2.05) is 0 Å². The third kappa shape index (κ3) is 2.23. The van der Waals surface area contributed by atoms with E-state index in [0.29, 0.717) is 0 Å². The third-order valence-corrected chi connectivity index (χ3v) is 1.33. The average Bonchev–Trinajstić information content (AvgIpc) is 2.00. The van der Waals surface area contributed by atoms with Crippen LogP contribution in [0.3, 0.4) is 0 Å². The number of rotatable bonds is 3. The number of carbonyl (C=O) groups excluding carboxylic acids is 2. The molecular weight excluding hydrogens is 156 g/mol. The summed E-state index contributed by atoms with van der Waals surface area (Å²) >= 11 is 0. The molecule has 0 saturated carbocycles. The topological polar surface area (TPSA) is 63.4 Å². The van der Waals surface area contributed by atoms with Gasteiger partial charge in [0.25, 0.3) is 5.91 Å². The average molecular weight is 168 g/mol. The zero-order valence-electron chi connectivity index (χ0n) is 7.26. The SMILES string of the molecule is C=C(C(=C)C(=O)N(C)C)C(N)=O. The first-order chi connectivity index (χ1) is 5.37. The van der Waals surface area contributed by atoms with Gasteiger partial charge in [-0.15, -0.1) is 0 Å². The second-order valence-electron chi connectivity index (χ2n) is 2.52. The lowest BCUT2D eigenvalue weighted by Gasteiger charge is -2.11. The molecule has 0 aromatic heterocycles. The molecule has 0 aliphatic rings. The Labute approximate surface area is 71.3 Å². The molecule has 0 bridgehead atoms. The Morgan fingerprint density at radius 1 is 1.17 bits per heavy atom. The molecule has 2 amide bonds. The van der Waals surface area contributed by atoms with Gasteiger partial charge in [0.1, 0.15) is 0 Å². The fraction of sp³-hybridized carbons (Fsp3) is 0.250. The van der Waals surface area contributed by atoms with E-state index in [2.05, 4.69) is 13.2 Å². The minimum atomic E-state index is -0.727. The fourth-order valence-electron chi connectivity index (χ4n) is 0.548. The van der Waals surface area contributed by atoms with Crippen LogP contribution in [-0.4, -0.2) is 30.8 Å². The second-order valence-corrected chi connectivity index (χ2v) is 2.52. The van der Waals surface area contributed by atoms with Crippen LogP contribution in [0, 0.1) is 0 Å². The molecule has 0 aliphatic carbocycles. The van der Waals surface area contributed by atoms with E-state index in [0.717, 1.165) is 0 Å². The summed E-state index contributed by atoms with van der Waals surface area (Å²) in [4.78, 5) is 23.0. The molecule has 0 aromatic rings. The second kappa shape index (κ2) is 3.71. The highest BCUT2D eigenvalue weighted by Gasteiger charge is 2.15. The van der Waals surface area contributed by atoms with Gasteiger partial charge in [-0.05, 0) is 0 Å². The molecule has 0 radical (unpaired) electrons. The van der Waals surface area contributed by atoms with Crippen LogP contribution in [0.4, 0.5) is 0 Å².